The maximum absolute atomic E-state index is 11.5. The maximum Gasteiger partial charge on any atom is 0.365 e. The number of esters is 1. The van der Waals surface area contributed by atoms with E-state index in [4.69, 9.17) is 4.74 Å². The molecule has 0 saturated heterocycles. The van der Waals surface area contributed by atoms with Crippen LogP contribution in [-0.2, 0) is 16.1 Å². The fourth-order valence-corrected chi connectivity index (χ4v) is 1.11. The number of rotatable bonds is 4. The first-order valence-corrected chi connectivity index (χ1v) is 5.15. The van der Waals surface area contributed by atoms with Gasteiger partial charge in [0.1, 0.15) is 6.61 Å². The van der Waals surface area contributed by atoms with Gasteiger partial charge in [0.15, 0.2) is 6.04 Å². The van der Waals surface area contributed by atoms with Crippen LogP contribution in [0.4, 0.5) is 0 Å². The Kier molecular flexibility index (Phi) is 10.2. The smallest absolute Gasteiger partial charge is 0.365 e. The van der Waals surface area contributed by atoms with E-state index in [9.17, 15) is 4.79 Å². The summed E-state index contributed by atoms with van der Waals surface area (Å²) in [4.78, 5) is 11.5. The van der Waals surface area contributed by atoms with Crippen LogP contribution in [-0.4, -0.2) is 12.0 Å². The van der Waals surface area contributed by atoms with Crippen LogP contribution in [0.1, 0.15) is 19.4 Å². The minimum absolute atomic E-state index is 0. The number of hydrogen-bond acceptors (Lipinski definition) is 2. The van der Waals surface area contributed by atoms with Crippen molar-refractivity contribution < 1.29 is 27.7 Å². The van der Waals surface area contributed by atoms with E-state index in [2.05, 4.69) is 5.73 Å². The van der Waals surface area contributed by atoms with Crippen LogP contribution in [0.5, 0.6) is 0 Å². The first-order valence-electron chi connectivity index (χ1n) is 5.15. The Balaban J connectivity index is 0. The lowest BCUT2D eigenvalue weighted by molar-refractivity contribution is -0.418. The SMILES string of the molecule is CC(C)[C@H]([NH3+])C(=O)OCc1ccccc1.S.[Cl-]. The van der Waals surface area contributed by atoms with Gasteiger partial charge in [-0.3, -0.25) is 0 Å². The molecule has 0 unspecified atom stereocenters. The van der Waals surface area contributed by atoms with Crippen LogP contribution >= 0.6 is 13.5 Å². The predicted octanol–water partition coefficient (Wildman–Crippen LogP) is -1.89. The molecule has 17 heavy (non-hydrogen) atoms. The Morgan fingerprint density at radius 1 is 1.29 bits per heavy atom. The highest BCUT2D eigenvalue weighted by atomic mass is 35.5. The number of halogens is 1. The van der Waals surface area contributed by atoms with Gasteiger partial charge in [-0.05, 0) is 5.56 Å². The zero-order chi connectivity index (χ0) is 11.3. The second-order valence-electron chi connectivity index (χ2n) is 3.94. The molecule has 0 aliphatic heterocycles. The molecule has 0 heterocycles. The summed E-state index contributed by atoms with van der Waals surface area (Å²) in [5, 5.41) is 0. The third-order valence-electron chi connectivity index (χ3n) is 2.33. The van der Waals surface area contributed by atoms with Crippen molar-refractivity contribution in [3.63, 3.8) is 0 Å². The molecule has 0 radical (unpaired) electrons. The summed E-state index contributed by atoms with van der Waals surface area (Å²) >= 11 is 0. The molecule has 0 aromatic heterocycles. The normalized spacial score (nSPS) is 11.1. The van der Waals surface area contributed by atoms with Crippen LogP contribution in [0.3, 0.4) is 0 Å². The second-order valence-corrected chi connectivity index (χ2v) is 3.94. The van der Waals surface area contributed by atoms with Crippen LogP contribution in [0.2, 0.25) is 0 Å². The van der Waals surface area contributed by atoms with E-state index in [0.717, 1.165) is 5.56 Å². The summed E-state index contributed by atoms with van der Waals surface area (Å²) in [6.45, 7) is 4.25. The molecule has 1 aromatic rings. The number of quaternary nitrogens is 1. The number of ether oxygens (including phenoxy) is 1. The third kappa shape index (κ3) is 6.56. The lowest BCUT2D eigenvalue weighted by Crippen LogP contribution is -3.00. The van der Waals surface area contributed by atoms with E-state index in [1.54, 1.807) is 0 Å². The average Bonchev–Trinajstić information content (AvgIpc) is 2.26. The Hall–Kier alpha value is -0.710. The van der Waals surface area contributed by atoms with Crippen molar-refractivity contribution in [3.05, 3.63) is 35.9 Å². The Bertz CT molecular complexity index is 320. The van der Waals surface area contributed by atoms with Crippen LogP contribution < -0.4 is 18.1 Å². The van der Waals surface area contributed by atoms with Crippen LogP contribution in [0.15, 0.2) is 30.3 Å². The van der Waals surface area contributed by atoms with E-state index in [1.165, 1.54) is 0 Å². The van der Waals surface area contributed by atoms with Gasteiger partial charge < -0.3 is 22.9 Å². The Labute approximate surface area is 116 Å². The average molecular weight is 278 g/mol. The van der Waals surface area contributed by atoms with Gasteiger partial charge in [-0.1, -0.05) is 44.2 Å². The minimum atomic E-state index is -0.284. The molecule has 3 nitrogen and oxygen atoms in total. The molecular weight excluding hydrogens is 258 g/mol. The van der Waals surface area contributed by atoms with E-state index >= 15 is 0 Å². The molecule has 98 valence electrons. The Morgan fingerprint density at radius 2 is 1.82 bits per heavy atom. The highest BCUT2D eigenvalue weighted by Crippen LogP contribution is 2.04. The molecule has 0 amide bonds. The number of benzene rings is 1. The third-order valence-corrected chi connectivity index (χ3v) is 2.33. The fraction of sp³-hybridized carbons (Fsp3) is 0.417. The molecule has 0 bridgehead atoms. The zero-order valence-electron chi connectivity index (χ0n) is 10.2. The van der Waals surface area contributed by atoms with Crippen molar-refractivity contribution in [2.24, 2.45) is 5.92 Å². The van der Waals surface area contributed by atoms with Gasteiger partial charge >= 0.3 is 5.97 Å². The molecule has 1 aromatic carbocycles. The van der Waals surface area contributed by atoms with E-state index < -0.39 is 0 Å². The molecule has 5 heteroatoms. The summed E-state index contributed by atoms with van der Waals surface area (Å²) in [5.41, 5.74) is 4.78. The maximum atomic E-state index is 11.5. The summed E-state index contributed by atoms with van der Waals surface area (Å²) in [6.07, 6.45) is 0. The van der Waals surface area contributed by atoms with Crippen molar-refractivity contribution in [3.8, 4) is 0 Å². The zero-order valence-corrected chi connectivity index (χ0v) is 11.9. The highest BCUT2D eigenvalue weighted by Gasteiger charge is 2.22. The second kappa shape index (κ2) is 9.33. The molecule has 0 aliphatic carbocycles. The molecule has 0 saturated carbocycles. The highest BCUT2D eigenvalue weighted by molar-refractivity contribution is 7.59. The molecular formula is C12H20ClNO2S. The van der Waals surface area contributed by atoms with E-state index in [0.29, 0.717) is 6.61 Å². The first kappa shape index (κ1) is 18.6. The van der Waals surface area contributed by atoms with Gasteiger partial charge in [0.05, 0.1) is 0 Å². The number of carbonyl (C=O) groups is 1. The van der Waals surface area contributed by atoms with Crippen molar-refractivity contribution in [2.45, 2.75) is 26.5 Å². The molecule has 1 atom stereocenters. The predicted molar refractivity (Wildman–Crippen MR) is 68.1 cm³/mol. The van der Waals surface area contributed by atoms with Crippen LogP contribution in [0, 0.1) is 5.92 Å². The topological polar surface area (TPSA) is 53.9 Å². The number of hydrogen-bond donors (Lipinski definition) is 1. The van der Waals surface area contributed by atoms with Gasteiger partial charge in [-0.2, -0.15) is 13.5 Å². The molecule has 0 fully saturated rings. The van der Waals surface area contributed by atoms with Gasteiger partial charge in [-0.15, -0.1) is 0 Å². The summed E-state index contributed by atoms with van der Waals surface area (Å²) in [5.74, 6) is -0.0119. The molecule has 3 N–H and O–H groups in total. The minimum Gasteiger partial charge on any atom is -1.00 e. The van der Waals surface area contributed by atoms with Gasteiger partial charge in [-0.25, -0.2) is 4.79 Å². The first-order chi connectivity index (χ1) is 7.11. The monoisotopic (exact) mass is 277 g/mol. The van der Waals surface area contributed by atoms with Gasteiger partial charge in [0.25, 0.3) is 0 Å². The van der Waals surface area contributed by atoms with E-state index in [-0.39, 0.29) is 43.8 Å². The lowest BCUT2D eigenvalue weighted by Gasteiger charge is -2.11. The van der Waals surface area contributed by atoms with Gasteiger partial charge in [0.2, 0.25) is 0 Å². The van der Waals surface area contributed by atoms with Gasteiger partial charge in [0, 0.05) is 5.92 Å². The Morgan fingerprint density at radius 3 is 2.29 bits per heavy atom. The quantitative estimate of drug-likeness (QED) is 0.655. The lowest BCUT2D eigenvalue weighted by atomic mass is 10.1. The number of carbonyl (C=O) groups excluding carboxylic acids is 1. The molecule has 0 aliphatic rings. The van der Waals surface area contributed by atoms with Crippen molar-refractivity contribution in [2.75, 3.05) is 0 Å². The van der Waals surface area contributed by atoms with Crippen LogP contribution in [0.25, 0.3) is 0 Å². The van der Waals surface area contributed by atoms with Crippen molar-refractivity contribution in [1.29, 1.82) is 0 Å². The largest absolute Gasteiger partial charge is 1.00 e. The molecule has 1 rings (SSSR count). The van der Waals surface area contributed by atoms with E-state index in [1.807, 2.05) is 44.2 Å². The fourth-order valence-electron chi connectivity index (χ4n) is 1.11. The van der Waals surface area contributed by atoms with Crippen molar-refractivity contribution >= 4 is 19.5 Å². The van der Waals surface area contributed by atoms with Crippen molar-refractivity contribution in [1.82, 2.24) is 0 Å². The summed E-state index contributed by atoms with van der Waals surface area (Å²) in [7, 11) is 0. The summed E-state index contributed by atoms with van der Waals surface area (Å²) < 4.78 is 5.15. The summed E-state index contributed by atoms with van der Waals surface area (Å²) in [6, 6.07) is 9.36. The molecule has 0 spiro atoms. The standard InChI is InChI=1S/C12H17NO2.ClH.H2S/c1-9(2)11(13)12(14)15-8-10-6-4-3-5-7-10;;/h3-7,9,11H,8,13H2,1-2H3;1H;1H2/t11-;;/m0../s1.